The molecule has 1 N–H and O–H groups in total. The lowest BCUT2D eigenvalue weighted by atomic mass is 9.99. The van der Waals surface area contributed by atoms with E-state index >= 15 is 0 Å². The van der Waals surface area contributed by atoms with Crippen molar-refractivity contribution >= 4 is 23.2 Å². The maximum atomic E-state index is 6.22. The third-order valence-corrected chi connectivity index (χ3v) is 4.22. The molecule has 4 heteroatoms. The smallest absolute Gasteiger partial charge is 0.0499 e. The average molecular weight is 311 g/mol. The second-order valence-corrected chi connectivity index (χ2v) is 6.14. The minimum Gasteiger partial charge on any atom is -0.349 e. The quantitative estimate of drug-likeness (QED) is 0.842. The summed E-state index contributed by atoms with van der Waals surface area (Å²) >= 11 is 12.4. The van der Waals surface area contributed by atoms with Gasteiger partial charge in [0.05, 0.1) is 0 Å². The monoisotopic (exact) mass is 310 g/mol. The van der Waals surface area contributed by atoms with E-state index in [0.29, 0.717) is 28.5 Å². The Hall–Kier alpha value is -0.960. The Morgan fingerprint density at radius 2 is 1.80 bits per heavy atom. The van der Waals surface area contributed by atoms with Gasteiger partial charge in [0.25, 0.3) is 0 Å². The Morgan fingerprint density at radius 1 is 1.15 bits per heavy atom. The number of hydrogen-bond acceptors (Lipinski definition) is 1. The molecule has 2 rings (SSSR count). The van der Waals surface area contributed by atoms with E-state index in [1.54, 1.807) is 0 Å². The van der Waals surface area contributed by atoms with Crippen LogP contribution in [0, 0.1) is 5.92 Å². The SMILES string of the molecule is CNC(c1ccn(Cc2c(Cl)cccc2Cl)c1)C(C)C. The number of halogens is 2. The van der Waals surface area contributed by atoms with Gasteiger partial charge in [-0.2, -0.15) is 0 Å². The highest BCUT2D eigenvalue weighted by Gasteiger charge is 2.15. The lowest BCUT2D eigenvalue weighted by Crippen LogP contribution is -2.21. The van der Waals surface area contributed by atoms with Crippen LogP contribution in [0.25, 0.3) is 0 Å². The first-order valence-corrected chi connectivity index (χ1v) is 7.54. The highest BCUT2D eigenvalue weighted by molar-refractivity contribution is 6.35. The van der Waals surface area contributed by atoms with Gasteiger partial charge in [-0.05, 0) is 36.7 Å². The molecular weight excluding hydrogens is 291 g/mol. The van der Waals surface area contributed by atoms with Crippen LogP contribution in [0.4, 0.5) is 0 Å². The molecule has 0 amide bonds. The summed E-state index contributed by atoms with van der Waals surface area (Å²) in [6, 6.07) is 8.12. The van der Waals surface area contributed by atoms with Crippen LogP contribution in [0.2, 0.25) is 10.0 Å². The Kier molecular flexibility index (Phi) is 5.14. The Morgan fingerprint density at radius 3 is 2.35 bits per heavy atom. The molecule has 1 heterocycles. The van der Waals surface area contributed by atoms with E-state index in [-0.39, 0.29) is 0 Å². The summed E-state index contributed by atoms with van der Waals surface area (Å²) in [5, 5.41) is 4.77. The van der Waals surface area contributed by atoms with Crippen molar-refractivity contribution in [1.82, 2.24) is 9.88 Å². The van der Waals surface area contributed by atoms with E-state index in [1.165, 1.54) is 5.56 Å². The summed E-state index contributed by atoms with van der Waals surface area (Å²) < 4.78 is 2.12. The van der Waals surface area contributed by atoms with Crippen LogP contribution in [-0.2, 0) is 6.54 Å². The first-order valence-electron chi connectivity index (χ1n) is 6.78. The largest absolute Gasteiger partial charge is 0.349 e. The molecule has 0 bridgehead atoms. The molecule has 0 saturated carbocycles. The van der Waals surface area contributed by atoms with Gasteiger partial charge in [-0.1, -0.05) is 43.1 Å². The van der Waals surface area contributed by atoms with Gasteiger partial charge in [-0.3, -0.25) is 0 Å². The van der Waals surface area contributed by atoms with Crippen molar-refractivity contribution in [2.75, 3.05) is 7.05 Å². The number of aromatic nitrogens is 1. The van der Waals surface area contributed by atoms with Gasteiger partial charge in [-0.25, -0.2) is 0 Å². The first kappa shape index (κ1) is 15.4. The van der Waals surface area contributed by atoms with E-state index in [2.05, 4.69) is 42.2 Å². The summed E-state index contributed by atoms with van der Waals surface area (Å²) in [7, 11) is 1.99. The van der Waals surface area contributed by atoms with Gasteiger partial charge < -0.3 is 9.88 Å². The number of hydrogen-bond donors (Lipinski definition) is 1. The number of benzene rings is 1. The summed E-state index contributed by atoms with van der Waals surface area (Å²) in [6.07, 6.45) is 4.22. The molecule has 0 aliphatic rings. The van der Waals surface area contributed by atoms with Gasteiger partial charge in [0, 0.05) is 40.6 Å². The zero-order chi connectivity index (χ0) is 14.7. The fourth-order valence-electron chi connectivity index (χ4n) is 2.49. The number of nitrogens with zero attached hydrogens (tertiary/aromatic N) is 1. The van der Waals surface area contributed by atoms with E-state index in [4.69, 9.17) is 23.2 Å². The van der Waals surface area contributed by atoms with Gasteiger partial charge in [0.1, 0.15) is 0 Å². The standard InChI is InChI=1S/C16H20Cl2N2/c1-11(2)16(19-3)12-7-8-20(9-12)10-13-14(17)5-4-6-15(13)18/h4-9,11,16,19H,10H2,1-3H3. The highest BCUT2D eigenvalue weighted by atomic mass is 35.5. The van der Waals surface area contributed by atoms with Crippen molar-refractivity contribution in [3.05, 3.63) is 57.8 Å². The number of nitrogens with one attached hydrogen (secondary N) is 1. The Balaban J connectivity index is 2.22. The summed E-state index contributed by atoms with van der Waals surface area (Å²) in [4.78, 5) is 0. The second kappa shape index (κ2) is 6.66. The van der Waals surface area contributed by atoms with Gasteiger partial charge in [0.15, 0.2) is 0 Å². The minimum atomic E-state index is 0.359. The molecule has 1 atom stereocenters. The summed E-state index contributed by atoms with van der Waals surface area (Å²) in [5.41, 5.74) is 2.24. The molecule has 20 heavy (non-hydrogen) atoms. The average Bonchev–Trinajstić information content (AvgIpc) is 2.83. The van der Waals surface area contributed by atoms with Crippen LogP contribution in [0.1, 0.15) is 31.0 Å². The Bertz CT molecular complexity index is 555. The van der Waals surface area contributed by atoms with Crippen molar-refractivity contribution in [3.8, 4) is 0 Å². The molecule has 1 aromatic carbocycles. The van der Waals surface area contributed by atoms with Gasteiger partial charge >= 0.3 is 0 Å². The van der Waals surface area contributed by atoms with Crippen molar-refractivity contribution in [3.63, 3.8) is 0 Å². The molecule has 2 aromatic rings. The lowest BCUT2D eigenvalue weighted by Gasteiger charge is -2.18. The summed E-state index contributed by atoms with van der Waals surface area (Å²) in [6.45, 7) is 5.11. The topological polar surface area (TPSA) is 17.0 Å². The maximum absolute atomic E-state index is 6.22. The van der Waals surface area contributed by atoms with E-state index in [0.717, 1.165) is 5.56 Å². The molecule has 0 spiro atoms. The van der Waals surface area contributed by atoms with Crippen LogP contribution in [-0.4, -0.2) is 11.6 Å². The van der Waals surface area contributed by atoms with Crippen LogP contribution in [0.5, 0.6) is 0 Å². The molecular formula is C16H20Cl2N2. The fraction of sp³-hybridized carbons (Fsp3) is 0.375. The fourth-order valence-corrected chi connectivity index (χ4v) is 3.01. The second-order valence-electron chi connectivity index (χ2n) is 5.33. The van der Waals surface area contributed by atoms with E-state index < -0.39 is 0 Å². The van der Waals surface area contributed by atoms with Gasteiger partial charge in [-0.15, -0.1) is 0 Å². The zero-order valence-corrected chi connectivity index (χ0v) is 13.5. The predicted molar refractivity (Wildman–Crippen MR) is 86.6 cm³/mol. The molecule has 0 radical (unpaired) electrons. The molecule has 0 aliphatic heterocycles. The van der Waals surface area contributed by atoms with Crippen molar-refractivity contribution in [2.45, 2.75) is 26.4 Å². The van der Waals surface area contributed by atoms with E-state index in [1.807, 2.05) is 25.2 Å². The van der Waals surface area contributed by atoms with Crippen molar-refractivity contribution < 1.29 is 0 Å². The summed E-state index contributed by atoms with van der Waals surface area (Å²) in [5.74, 6) is 0.541. The predicted octanol–water partition coefficient (Wildman–Crippen LogP) is 4.76. The van der Waals surface area contributed by atoms with Crippen molar-refractivity contribution in [2.24, 2.45) is 5.92 Å². The highest BCUT2D eigenvalue weighted by Crippen LogP contribution is 2.26. The molecule has 0 aliphatic carbocycles. The Labute approximate surface area is 130 Å². The molecule has 108 valence electrons. The molecule has 1 unspecified atom stereocenters. The molecule has 2 nitrogen and oxygen atoms in total. The van der Waals surface area contributed by atoms with Crippen molar-refractivity contribution in [1.29, 1.82) is 0 Å². The molecule has 1 aromatic heterocycles. The van der Waals surface area contributed by atoms with E-state index in [9.17, 15) is 0 Å². The first-order chi connectivity index (χ1) is 9.52. The third kappa shape index (κ3) is 3.38. The van der Waals surface area contributed by atoms with Crippen LogP contribution >= 0.6 is 23.2 Å². The molecule has 0 fully saturated rings. The number of rotatable bonds is 5. The lowest BCUT2D eigenvalue weighted by molar-refractivity contribution is 0.443. The van der Waals surface area contributed by atoms with Crippen LogP contribution in [0.3, 0.4) is 0 Å². The van der Waals surface area contributed by atoms with Crippen LogP contribution < -0.4 is 5.32 Å². The minimum absolute atomic E-state index is 0.359. The normalized spacial score (nSPS) is 12.9. The zero-order valence-electron chi connectivity index (χ0n) is 12.0. The van der Waals surface area contributed by atoms with Gasteiger partial charge in [0.2, 0.25) is 0 Å². The third-order valence-electron chi connectivity index (χ3n) is 3.51. The maximum Gasteiger partial charge on any atom is 0.0499 e. The molecule has 0 saturated heterocycles. The van der Waals surface area contributed by atoms with Crippen LogP contribution in [0.15, 0.2) is 36.7 Å².